The first-order valence-electron chi connectivity index (χ1n) is 7.44. The van der Waals surface area contributed by atoms with Crippen LogP contribution in [0.1, 0.15) is 38.7 Å². The molecule has 0 bridgehead atoms. The Bertz CT molecular complexity index is 642. The summed E-state index contributed by atoms with van der Waals surface area (Å²) in [7, 11) is -3.48. The van der Waals surface area contributed by atoms with Gasteiger partial charge in [-0.15, -0.1) is 0 Å². The van der Waals surface area contributed by atoms with Gasteiger partial charge in [0, 0.05) is 11.7 Å². The molecule has 0 radical (unpaired) electrons. The number of aryl methyl sites for hydroxylation is 1. The molecule has 4 heteroatoms. The van der Waals surface area contributed by atoms with Crippen LogP contribution in [-0.4, -0.2) is 18.8 Å². The highest BCUT2D eigenvalue weighted by Gasteiger charge is 2.32. The second kappa shape index (κ2) is 6.48. The zero-order valence-corrected chi connectivity index (χ0v) is 13.7. The minimum atomic E-state index is -3.48. The average Bonchev–Trinajstić information content (AvgIpc) is 2.81. The fourth-order valence-electron chi connectivity index (χ4n) is 2.44. The van der Waals surface area contributed by atoms with Gasteiger partial charge in [0.15, 0.2) is 0 Å². The number of allylic oxidation sites excluding steroid dienone is 2. The van der Waals surface area contributed by atoms with Crippen molar-refractivity contribution in [2.24, 2.45) is 0 Å². The zero-order chi connectivity index (χ0) is 15.5. The molecule has 3 nitrogen and oxygen atoms in total. The highest BCUT2D eigenvalue weighted by atomic mass is 32.2. The lowest BCUT2D eigenvalue weighted by atomic mass is 10.2. The van der Waals surface area contributed by atoms with Crippen molar-refractivity contribution in [1.29, 1.82) is 0 Å². The van der Waals surface area contributed by atoms with Gasteiger partial charge < -0.3 is 0 Å². The van der Waals surface area contributed by atoms with Crippen LogP contribution in [0.25, 0.3) is 0 Å². The van der Waals surface area contributed by atoms with Crippen LogP contribution in [0.15, 0.2) is 53.1 Å². The first kappa shape index (κ1) is 15.8. The largest absolute Gasteiger partial charge is 0.264 e. The number of rotatable bonds is 5. The number of unbranched alkanes of at least 4 members (excludes halogenated alkanes) is 1. The van der Waals surface area contributed by atoms with Crippen molar-refractivity contribution >= 4 is 10.0 Å². The maximum atomic E-state index is 12.9. The van der Waals surface area contributed by atoms with Crippen molar-refractivity contribution in [3.63, 3.8) is 0 Å². The van der Waals surface area contributed by atoms with Crippen LogP contribution in [0.5, 0.6) is 0 Å². The second-order valence-corrected chi connectivity index (χ2v) is 7.33. The highest BCUT2D eigenvalue weighted by molar-refractivity contribution is 7.89. The molecule has 2 rings (SSSR count). The van der Waals surface area contributed by atoms with Crippen molar-refractivity contribution in [2.75, 3.05) is 0 Å². The smallest absolute Gasteiger partial charge is 0.264 e. The maximum Gasteiger partial charge on any atom is 0.264 e. The Morgan fingerprint density at radius 3 is 2.57 bits per heavy atom. The van der Waals surface area contributed by atoms with Gasteiger partial charge in [-0.1, -0.05) is 43.2 Å². The van der Waals surface area contributed by atoms with Crippen molar-refractivity contribution in [3.8, 4) is 0 Å². The van der Waals surface area contributed by atoms with Crippen molar-refractivity contribution in [1.82, 2.24) is 4.31 Å². The molecule has 1 atom stereocenters. The Hall–Kier alpha value is -1.55. The highest BCUT2D eigenvalue weighted by Crippen LogP contribution is 2.30. The van der Waals surface area contributed by atoms with Gasteiger partial charge in [0.2, 0.25) is 0 Å². The van der Waals surface area contributed by atoms with E-state index in [-0.39, 0.29) is 6.04 Å². The third kappa shape index (κ3) is 3.38. The van der Waals surface area contributed by atoms with E-state index < -0.39 is 10.0 Å². The van der Waals surface area contributed by atoms with E-state index in [9.17, 15) is 8.42 Å². The number of sulfonamides is 1. The molecule has 1 aromatic carbocycles. The Kier molecular flexibility index (Phi) is 4.88. The summed E-state index contributed by atoms with van der Waals surface area (Å²) in [5.74, 6) is 0. The Morgan fingerprint density at radius 2 is 1.95 bits per heavy atom. The topological polar surface area (TPSA) is 37.4 Å². The quantitative estimate of drug-likeness (QED) is 0.824. The standard InChI is InChI=1S/C17H23NO2S/c1-4-5-6-7-16-11-10-15(3)18(16)21(19,20)17-12-8-14(2)9-13-17/h6-9,11-13,15H,4-5,10H2,1-3H3/b7-6+. The summed E-state index contributed by atoms with van der Waals surface area (Å²) in [5.41, 5.74) is 1.85. The van der Waals surface area contributed by atoms with Gasteiger partial charge in [-0.3, -0.25) is 4.31 Å². The van der Waals surface area contributed by atoms with E-state index in [1.807, 2.05) is 44.2 Å². The second-order valence-electron chi connectivity index (χ2n) is 5.52. The van der Waals surface area contributed by atoms with Crippen molar-refractivity contribution < 1.29 is 8.42 Å². The molecule has 0 saturated heterocycles. The monoisotopic (exact) mass is 305 g/mol. The van der Waals surface area contributed by atoms with Crippen LogP contribution < -0.4 is 0 Å². The molecule has 0 spiro atoms. The fraction of sp³-hybridized carbons (Fsp3) is 0.412. The predicted molar refractivity (Wildman–Crippen MR) is 86.4 cm³/mol. The van der Waals surface area contributed by atoms with Crippen LogP contribution in [0, 0.1) is 6.92 Å². The molecule has 0 fully saturated rings. The lowest BCUT2D eigenvalue weighted by molar-refractivity contribution is 0.433. The third-order valence-corrected chi connectivity index (χ3v) is 5.60. The normalized spacial score (nSPS) is 19.3. The lowest BCUT2D eigenvalue weighted by Crippen LogP contribution is -2.33. The Balaban J connectivity index is 2.33. The molecule has 0 amide bonds. The Labute approximate surface area is 128 Å². The van der Waals surface area contributed by atoms with Gasteiger partial charge in [-0.2, -0.15) is 0 Å². The number of benzene rings is 1. The van der Waals surface area contributed by atoms with E-state index in [1.54, 1.807) is 16.4 Å². The lowest BCUT2D eigenvalue weighted by Gasteiger charge is -2.25. The molecule has 0 aromatic heterocycles. The maximum absolute atomic E-state index is 12.9. The molecule has 21 heavy (non-hydrogen) atoms. The summed E-state index contributed by atoms with van der Waals surface area (Å²) in [4.78, 5) is 0.358. The molecule has 0 saturated carbocycles. The predicted octanol–water partition coefficient (Wildman–Crippen LogP) is 4.02. The van der Waals surface area contributed by atoms with Crippen LogP contribution in [0.4, 0.5) is 0 Å². The SMILES string of the molecule is CCC/C=C/C1=CCC(C)N1S(=O)(=O)c1ccc(C)cc1. The summed E-state index contributed by atoms with van der Waals surface area (Å²) in [6.07, 6.45) is 8.76. The summed E-state index contributed by atoms with van der Waals surface area (Å²) < 4.78 is 27.2. The van der Waals surface area contributed by atoms with Crippen molar-refractivity contribution in [2.45, 2.75) is 51.0 Å². The molecule has 1 aliphatic heterocycles. The van der Waals surface area contributed by atoms with Crippen LogP contribution >= 0.6 is 0 Å². The van der Waals surface area contributed by atoms with Crippen LogP contribution in [0.2, 0.25) is 0 Å². The number of hydrogen-bond donors (Lipinski definition) is 0. The van der Waals surface area contributed by atoms with Gasteiger partial charge in [0.25, 0.3) is 10.0 Å². The summed E-state index contributed by atoms with van der Waals surface area (Å²) in [6.45, 7) is 6.01. The Morgan fingerprint density at radius 1 is 1.29 bits per heavy atom. The minimum absolute atomic E-state index is 0.0300. The van der Waals surface area contributed by atoms with E-state index in [2.05, 4.69) is 6.92 Å². The van der Waals surface area contributed by atoms with E-state index in [0.29, 0.717) is 4.90 Å². The molecule has 1 aromatic rings. The molecular weight excluding hydrogens is 282 g/mol. The molecule has 0 N–H and O–H groups in total. The summed E-state index contributed by atoms with van der Waals surface area (Å²) in [5, 5.41) is 0. The van der Waals surface area contributed by atoms with Gasteiger partial charge in [-0.05, 0) is 44.9 Å². The number of nitrogens with zero attached hydrogens (tertiary/aromatic N) is 1. The average molecular weight is 305 g/mol. The molecule has 114 valence electrons. The van der Waals surface area contributed by atoms with Gasteiger partial charge in [0.1, 0.15) is 0 Å². The molecular formula is C17H23NO2S. The number of hydrogen-bond acceptors (Lipinski definition) is 2. The molecule has 1 aliphatic rings. The van der Waals surface area contributed by atoms with Gasteiger partial charge in [0.05, 0.1) is 4.90 Å². The summed E-state index contributed by atoms with van der Waals surface area (Å²) >= 11 is 0. The van der Waals surface area contributed by atoms with E-state index in [1.165, 1.54) is 0 Å². The van der Waals surface area contributed by atoms with Crippen LogP contribution in [0.3, 0.4) is 0 Å². The molecule has 1 unspecified atom stereocenters. The molecule has 1 heterocycles. The van der Waals surface area contributed by atoms with Crippen molar-refractivity contribution in [3.05, 3.63) is 53.8 Å². The first-order valence-corrected chi connectivity index (χ1v) is 8.88. The third-order valence-electron chi connectivity index (χ3n) is 3.64. The van der Waals surface area contributed by atoms with E-state index in [0.717, 1.165) is 30.5 Å². The van der Waals surface area contributed by atoms with Gasteiger partial charge in [-0.25, -0.2) is 8.42 Å². The first-order chi connectivity index (χ1) is 9.96. The van der Waals surface area contributed by atoms with Crippen LogP contribution in [-0.2, 0) is 10.0 Å². The van der Waals surface area contributed by atoms with E-state index >= 15 is 0 Å². The fourth-order valence-corrected chi connectivity index (χ4v) is 4.12. The molecule has 0 aliphatic carbocycles. The van der Waals surface area contributed by atoms with Gasteiger partial charge >= 0.3 is 0 Å². The zero-order valence-electron chi connectivity index (χ0n) is 12.9. The van der Waals surface area contributed by atoms with E-state index in [4.69, 9.17) is 0 Å². The summed E-state index contributed by atoms with van der Waals surface area (Å²) in [6, 6.07) is 7.01. The minimum Gasteiger partial charge on any atom is -0.264 e.